The molecule has 34 heavy (non-hydrogen) atoms. The maximum Gasteiger partial charge on any atom is 0.328 e. The summed E-state index contributed by atoms with van der Waals surface area (Å²) < 4.78 is 0. The van der Waals surface area contributed by atoms with Gasteiger partial charge < -0.3 is 31.5 Å². The number of amides is 3. The van der Waals surface area contributed by atoms with Crippen LogP contribution < -0.4 is 16.4 Å². The third kappa shape index (κ3) is 8.45. The van der Waals surface area contributed by atoms with E-state index in [1.54, 1.807) is 0 Å². The van der Waals surface area contributed by atoms with Crippen molar-refractivity contribution in [3.05, 3.63) is 35.9 Å². The molecule has 11 heteroatoms. The monoisotopic (exact) mass is 526 g/mol. The number of nitrogens with zero attached hydrogens (tertiary/aromatic N) is 1. The number of carboxylic acid groups (broad SMARTS) is 1. The van der Waals surface area contributed by atoms with Gasteiger partial charge in [0.25, 0.3) is 0 Å². The Morgan fingerprint density at radius 1 is 1.12 bits per heavy atom. The number of benzene rings is 1. The molecular formula is C23H34N4O6Zn. The van der Waals surface area contributed by atoms with Gasteiger partial charge in [-0.1, -0.05) is 44.2 Å². The Kier molecular flexibility index (Phi) is 12.3. The summed E-state index contributed by atoms with van der Waals surface area (Å²) in [6.07, 6.45) is 1.62. The molecule has 184 valence electrons. The molecule has 6 N–H and O–H groups in total. The normalized spacial score (nSPS) is 17.9. The Bertz CT molecular complexity index is 838. The number of aliphatic hydroxyl groups is 1. The van der Waals surface area contributed by atoms with Gasteiger partial charge in [-0.3, -0.25) is 14.4 Å². The van der Waals surface area contributed by atoms with Gasteiger partial charge in [0, 0.05) is 26.0 Å². The molecule has 2 rings (SSSR count). The smallest absolute Gasteiger partial charge is 0.328 e. The SMILES string of the molecule is CC(C)C[C@H](NC(=O)[C@@H](N)Cc1ccccc1)C(=O)N1CCC[C@H]1C(=O)N[C@@H](CO)C(=O)O.[Zn]. The van der Waals surface area contributed by atoms with Gasteiger partial charge in [-0.25, -0.2) is 4.79 Å². The molecule has 0 spiro atoms. The van der Waals surface area contributed by atoms with E-state index in [1.807, 2.05) is 44.2 Å². The molecule has 10 nitrogen and oxygen atoms in total. The Morgan fingerprint density at radius 3 is 2.32 bits per heavy atom. The summed E-state index contributed by atoms with van der Waals surface area (Å²) in [7, 11) is 0. The fourth-order valence-corrected chi connectivity index (χ4v) is 3.89. The van der Waals surface area contributed by atoms with Crippen molar-refractivity contribution >= 4 is 23.7 Å². The van der Waals surface area contributed by atoms with E-state index < -0.39 is 54.5 Å². The minimum atomic E-state index is -1.45. The molecule has 1 saturated heterocycles. The van der Waals surface area contributed by atoms with E-state index >= 15 is 0 Å². The second-order valence-electron chi connectivity index (χ2n) is 8.76. The van der Waals surface area contributed by atoms with E-state index in [0.717, 1.165) is 5.56 Å². The molecule has 0 saturated carbocycles. The van der Waals surface area contributed by atoms with Crippen LogP contribution >= 0.6 is 0 Å². The number of nitrogens with one attached hydrogen (secondary N) is 2. The van der Waals surface area contributed by atoms with E-state index in [-0.39, 0.29) is 25.4 Å². The predicted octanol–water partition coefficient (Wildman–Crippen LogP) is -0.362. The Morgan fingerprint density at radius 2 is 1.76 bits per heavy atom. The van der Waals surface area contributed by atoms with Gasteiger partial charge >= 0.3 is 5.97 Å². The Hall–Kier alpha value is -2.36. The second kappa shape index (κ2) is 14.1. The maximum atomic E-state index is 13.3. The summed E-state index contributed by atoms with van der Waals surface area (Å²) >= 11 is 0. The van der Waals surface area contributed by atoms with E-state index in [1.165, 1.54) is 4.90 Å². The van der Waals surface area contributed by atoms with Crippen molar-refractivity contribution in [3.8, 4) is 0 Å². The van der Waals surface area contributed by atoms with Crippen LogP contribution in [0, 0.1) is 5.92 Å². The summed E-state index contributed by atoms with van der Waals surface area (Å²) in [6.45, 7) is 3.40. The van der Waals surface area contributed by atoms with Gasteiger partial charge in [-0.2, -0.15) is 0 Å². The summed E-state index contributed by atoms with van der Waals surface area (Å²) in [6, 6.07) is 5.31. The zero-order valence-corrected chi connectivity index (χ0v) is 22.7. The molecular weight excluding hydrogens is 494 g/mol. The number of nitrogens with two attached hydrogens (primary N) is 1. The fourth-order valence-electron chi connectivity index (χ4n) is 3.89. The van der Waals surface area contributed by atoms with Crippen LogP contribution in [0.25, 0.3) is 0 Å². The van der Waals surface area contributed by atoms with Crippen molar-refractivity contribution in [2.24, 2.45) is 11.7 Å². The first-order valence-electron chi connectivity index (χ1n) is 11.2. The van der Waals surface area contributed by atoms with Crippen LogP contribution in [-0.4, -0.2) is 76.1 Å². The van der Waals surface area contributed by atoms with Crippen LogP contribution in [-0.2, 0) is 45.1 Å². The predicted molar refractivity (Wildman–Crippen MR) is 121 cm³/mol. The molecule has 1 aliphatic heterocycles. The van der Waals surface area contributed by atoms with Crippen LogP contribution in [0.3, 0.4) is 0 Å². The van der Waals surface area contributed by atoms with Crippen molar-refractivity contribution < 1.29 is 48.9 Å². The first kappa shape index (κ1) is 29.7. The van der Waals surface area contributed by atoms with Crippen molar-refractivity contribution in [2.75, 3.05) is 13.2 Å². The topological polar surface area (TPSA) is 162 Å². The van der Waals surface area contributed by atoms with Crippen molar-refractivity contribution in [1.82, 2.24) is 15.5 Å². The van der Waals surface area contributed by atoms with Gasteiger partial charge in [0.2, 0.25) is 17.7 Å². The van der Waals surface area contributed by atoms with Gasteiger partial charge in [0.15, 0.2) is 0 Å². The molecule has 1 aliphatic rings. The number of aliphatic hydroxyl groups excluding tert-OH is 1. The molecule has 3 amide bonds. The van der Waals surface area contributed by atoms with E-state index in [0.29, 0.717) is 32.2 Å². The van der Waals surface area contributed by atoms with Gasteiger partial charge in [0.1, 0.15) is 18.1 Å². The number of carbonyl (C=O) groups is 4. The van der Waals surface area contributed by atoms with Crippen LogP contribution in [0.5, 0.6) is 0 Å². The standard InChI is InChI=1S/C23H34N4O6.Zn/c1-14(2)11-17(25-20(29)16(24)12-15-7-4-3-5-8-15)22(31)27-10-6-9-19(27)21(30)26-18(13-28)23(32)33;/h3-5,7-8,14,16-19,28H,6,9-13,24H2,1-2H3,(H,25,29)(H,26,30)(H,32,33);/t16-,17-,18-,19-;/m0./s1. The largest absolute Gasteiger partial charge is 0.480 e. The summed E-state index contributed by atoms with van der Waals surface area (Å²) in [5, 5.41) is 23.3. The molecule has 1 aromatic carbocycles. The molecule has 0 aromatic heterocycles. The van der Waals surface area contributed by atoms with Gasteiger partial charge in [-0.05, 0) is 37.2 Å². The summed E-state index contributed by atoms with van der Waals surface area (Å²) in [4.78, 5) is 51.2. The Balaban J connectivity index is 0.00000578. The number of carboxylic acids is 1. The number of aliphatic carboxylic acids is 1. The third-order valence-electron chi connectivity index (χ3n) is 5.59. The molecule has 0 bridgehead atoms. The zero-order chi connectivity index (χ0) is 24.5. The number of hydrogen-bond acceptors (Lipinski definition) is 6. The molecule has 1 heterocycles. The van der Waals surface area contributed by atoms with Gasteiger partial charge in [0.05, 0.1) is 12.6 Å². The second-order valence-corrected chi connectivity index (χ2v) is 8.76. The first-order valence-corrected chi connectivity index (χ1v) is 11.2. The minimum Gasteiger partial charge on any atom is -0.480 e. The average Bonchev–Trinajstić information content (AvgIpc) is 3.26. The molecule has 0 radical (unpaired) electrons. The number of rotatable bonds is 11. The number of likely N-dealkylation sites (tertiary alicyclic amines) is 1. The third-order valence-corrected chi connectivity index (χ3v) is 5.59. The Labute approximate surface area is 212 Å². The number of carbonyl (C=O) groups excluding carboxylic acids is 3. The van der Waals surface area contributed by atoms with E-state index in [9.17, 15) is 24.3 Å². The first-order chi connectivity index (χ1) is 15.6. The maximum absolute atomic E-state index is 13.3. The molecule has 1 fully saturated rings. The van der Waals surface area contributed by atoms with Crippen molar-refractivity contribution in [2.45, 2.75) is 63.7 Å². The van der Waals surface area contributed by atoms with Crippen LogP contribution in [0.1, 0.15) is 38.7 Å². The molecule has 0 aliphatic carbocycles. The van der Waals surface area contributed by atoms with E-state index in [4.69, 9.17) is 10.8 Å². The fraction of sp³-hybridized carbons (Fsp3) is 0.565. The molecule has 1 aromatic rings. The summed E-state index contributed by atoms with van der Waals surface area (Å²) in [5.74, 6) is -2.77. The van der Waals surface area contributed by atoms with Crippen molar-refractivity contribution in [3.63, 3.8) is 0 Å². The quantitative estimate of drug-likeness (QED) is 0.245. The molecule has 4 atom stereocenters. The van der Waals surface area contributed by atoms with Gasteiger partial charge in [-0.15, -0.1) is 0 Å². The zero-order valence-electron chi connectivity index (χ0n) is 19.8. The minimum absolute atomic E-state index is 0. The number of hydrogen-bond donors (Lipinski definition) is 5. The molecule has 0 unspecified atom stereocenters. The van der Waals surface area contributed by atoms with Crippen LogP contribution in [0.15, 0.2) is 30.3 Å². The van der Waals surface area contributed by atoms with Crippen LogP contribution in [0.4, 0.5) is 0 Å². The van der Waals surface area contributed by atoms with Crippen molar-refractivity contribution in [1.29, 1.82) is 0 Å². The average molecular weight is 528 g/mol. The summed E-state index contributed by atoms with van der Waals surface area (Å²) in [5.41, 5.74) is 6.98. The van der Waals surface area contributed by atoms with Crippen LogP contribution in [0.2, 0.25) is 0 Å². The van der Waals surface area contributed by atoms with E-state index in [2.05, 4.69) is 10.6 Å².